The molecule has 0 bridgehead atoms. The van der Waals surface area contributed by atoms with Gasteiger partial charge in [0.15, 0.2) is 0 Å². The maximum absolute atomic E-state index is 11.0. The van der Waals surface area contributed by atoms with Gasteiger partial charge in [0, 0.05) is 12.0 Å². The van der Waals surface area contributed by atoms with Gasteiger partial charge in [-0.3, -0.25) is 0 Å². The van der Waals surface area contributed by atoms with E-state index in [9.17, 15) is 5.11 Å². The molecule has 0 aromatic heterocycles. The molecule has 0 spiro atoms. The fourth-order valence-corrected chi connectivity index (χ4v) is 3.07. The standard InChI is InChI=1S/C17H27NO/c1-4-16(2,12-18)17(3,19)15-10-9-13-7-5-6-8-14(13)11-15/h9-11,19H,4-8,12,18H2,1-3H3. The van der Waals surface area contributed by atoms with Crippen LogP contribution in [-0.4, -0.2) is 11.7 Å². The smallest absolute Gasteiger partial charge is 0.0933 e. The van der Waals surface area contributed by atoms with Crippen molar-refractivity contribution in [1.82, 2.24) is 0 Å². The highest BCUT2D eigenvalue weighted by molar-refractivity contribution is 5.37. The Balaban J connectivity index is 2.40. The fourth-order valence-electron chi connectivity index (χ4n) is 3.07. The van der Waals surface area contributed by atoms with Crippen molar-refractivity contribution in [2.24, 2.45) is 11.1 Å². The zero-order chi connectivity index (χ0) is 14.1. The first-order valence-electron chi connectivity index (χ1n) is 7.49. The predicted molar refractivity (Wildman–Crippen MR) is 80.1 cm³/mol. The van der Waals surface area contributed by atoms with Gasteiger partial charge in [-0.1, -0.05) is 32.0 Å². The van der Waals surface area contributed by atoms with E-state index in [1.54, 1.807) is 0 Å². The van der Waals surface area contributed by atoms with Crippen molar-refractivity contribution in [2.75, 3.05) is 6.54 Å². The average Bonchev–Trinajstić information content (AvgIpc) is 2.45. The van der Waals surface area contributed by atoms with Crippen molar-refractivity contribution in [1.29, 1.82) is 0 Å². The van der Waals surface area contributed by atoms with Crippen LogP contribution in [0.4, 0.5) is 0 Å². The van der Waals surface area contributed by atoms with Gasteiger partial charge in [-0.25, -0.2) is 0 Å². The molecule has 3 N–H and O–H groups in total. The third-order valence-electron chi connectivity index (χ3n) is 5.32. The summed E-state index contributed by atoms with van der Waals surface area (Å²) >= 11 is 0. The Hall–Kier alpha value is -0.860. The topological polar surface area (TPSA) is 46.2 Å². The van der Waals surface area contributed by atoms with Crippen LogP contribution in [0.1, 0.15) is 56.7 Å². The second kappa shape index (κ2) is 5.26. The number of hydrogen-bond donors (Lipinski definition) is 2. The summed E-state index contributed by atoms with van der Waals surface area (Å²) in [6, 6.07) is 6.50. The predicted octanol–water partition coefficient (Wildman–Crippen LogP) is 3.15. The van der Waals surface area contributed by atoms with Gasteiger partial charge in [-0.2, -0.15) is 0 Å². The Morgan fingerprint density at radius 2 is 1.79 bits per heavy atom. The summed E-state index contributed by atoms with van der Waals surface area (Å²) < 4.78 is 0. The number of rotatable bonds is 4. The minimum Gasteiger partial charge on any atom is -0.385 e. The minimum absolute atomic E-state index is 0.282. The van der Waals surface area contributed by atoms with Gasteiger partial charge in [0.05, 0.1) is 5.60 Å². The van der Waals surface area contributed by atoms with E-state index in [0.29, 0.717) is 6.54 Å². The molecule has 1 aliphatic carbocycles. The van der Waals surface area contributed by atoms with E-state index in [1.807, 2.05) is 6.92 Å². The Bertz CT molecular complexity index is 447. The molecule has 19 heavy (non-hydrogen) atoms. The molecule has 106 valence electrons. The first-order chi connectivity index (χ1) is 8.94. The van der Waals surface area contributed by atoms with Gasteiger partial charge in [0.2, 0.25) is 0 Å². The van der Waals surface area contributed by atoms with Crippen molar-refractivity contribution < 1.29 is 5.11 Å². The van der Waals surface area contributed by atoms with Crippen molar-refractivity contribution in [3.63, 3.8) is 0 Å². The third-order valence-corrected chi connectivity index (χ3v) is 5.32. The van der Waals surface area contributed by atoms with E-state index < -0.39 is 5.60 Å². The molecule has 0 saturated heterocycles. The maximum atomic E-state index is 11.0. The zero-order valence-electron chi connectivity index (χ0n) is 12.5. The Kier molecular flexibility index (Phi) is 4.03. The first kappa shape index (κ1) is 14.5. The maximum Gasteiger partial charge on any atom is 0.0933 e. The molecule has 2 nitrogen and oxygen atoms in total. The van der Waals surface area contributed by atoms with Crippen LogP contribution in [0, 0.1) is 5.41 Å². The van der Waals surface area contributed by atoms with E-state index in [-0.39, 0.29) is 5.41 Å². The minimum atomic E-state index is -0.872. The number of hydrogen-bond acceptors (Lipinski definition) is 2. The van der Waals surface area contributed by atoms with E-state index in [4.69, 9.17) is 5.73 Å². The van der Waals surface area contributed by atoms with Crippen molar-refractivity contribution in [3.05, 3.63) is 34.9 Å². The van der Waals surface area contributed by atoms with Gasteiger partial charge in [-0.15, -0.1) is 0 Å². The molecule has 0 radical (unpaired) electrons. The summed E-state index contributed by atoms with van der Waals surface area (Å²) in [7, 11) is 0. The quantitative estimate of drug-likeness (QED) is 0.874. The molecule has 0 amide bonds. The molecule has 2 heteroatoms. The summed E-state index contributed by atoms with van der Waals surface area (Å²) in [5, 5.41) is 11.0. The van der Waals surface area contributed by atoms with Gasteiger partial charge >= 0.3 is 0 Å². The van der Waals surface area contributed by atoms with Gasteiger partial charge < -0.3 is 10.8 Å². The summed E-state index contributed by atoms with van der Waals surface area (Å²) in [5.74, 6) is 0. The lowest BCUT2D eigenvalue weighted by Gasteiger charge is -2.42. The van der Waals surface area contributed by atoms with E-state index >= 15 is 0 Å². The van der Waals surface area contributed by atoms with Crippen LogP contribution in [0.5, 0.6) is 0 Å². The van der Waals surface area contributed by atoms with Gasteiger partial charge in [0.25, 0.3) is 0 Å². The van der Waals surface area contributed by atoms with E-state index in [0.717, 1.165) is 18.4 Å². The summed E-state index contributed by atoms with van der Waals surface area (Å²) in [5.41, 5.74) is 8.65. The number of fused-ring (bicyclic) bond motifs is 1. The van der Waals surface area contributed by atoms with Gasteiger partial charge in [0.1, 0.15) is 0 Å². The normalized spacial score (nSPS) is 21.3. The molecule has 1 aromatic rings. The highest BCUT2D eigenvalue weighted by Gasteiger charge is 2.42. The molecule has 1 aromatic carbocycles. The molecular formula is C17H27NO. The number of benzene rings is 1. The summed E-state index contributed by atoms with van der Waals surface area (Å²) in [6.45, 7) is 6.58. The zero-order valence-corrected chi connectivity index (χ0v) is 12.5. The van der Waals surface area contributed by atoms with Crippen LogP contribution in [-0.2, 0) is 18.4 Å². The van der Waals surface area contributed by atoms with E-state index in [2.05, 4.69) is 32.0 Å². The van der Waals surface area contributed by atoms with Crippen LogP contribution in [0.3, 0.4) is 0 Å². The molecule has 2 atom stereocenters. The SMILES string of the molecule is CCC(C)(CN)C(C)(O)c1ccc2c(c1)CCCC2. The average molecular weight is 261 g/mol. The molecule has 1 aliphatic rings. The van der Waals surface area contributed by atoms with Crippen LogP contribution >= 0.6 is 0 Å². The fraction of sp³-hybridized carbons (Fsp3) is 0.647. The largest absolute Gasteiger partial charge is 0.385 e. The van der Waals surface area contributed by atoms with Crippen LogP contribution in [0.15, 0.2) is 18.2 Å². The molecule has 0 fully saturated rings. The molecule has 0 saturated carbocycles. The molecular weight excluding hydrogens is 234 g/mol. The Labute approximate surface area is 117 Å². The lowest BCUT2D eigenvalue weighted by Crippen LogP contribution is -2.46. The van der Waals surface area contributed by atoms with Crippen molar-refractivity contribution in [2.45, 2.75) is 58.5 Å². The Morgan fingerprint density at radius 3 is 2.37 bits per heavy atom. The molecule has 0 heterocycles. The Morgan fingerprint density at radius 1 is 1.16 bits per heavy atom. The lowest BCUT2D eigenvalue weighted by atomic mass is 9.68. The molecule has 0 aliphatic heterocycles. The number of aliphatic hydroxyl groups is 1. The number of nitrogens with two attached hydrogens (primary N) is 1. The first-order valence-corrected chi connectivity index (χ1v) is 7.49. The molecule has 2 rings (SSSR count). The number of aryl methyl sites for hydroxylation is 2. The van der Waals surface area contributed by atoms with Crippen LogP contribution < -0.4 is 5.73 Å². The third kappa shape index (κ3) is 2.44. The van der Waals surface area contributed by atoms with Crippen LogP contribution in [0.25, 0.3) is 0 Å². The van der Waals surface area contributed by atoms with Crippen molar-refractivity contribution in [3.8, 4) is 0 Å². The summed E-state index contributed by atoms with van der Waals surface area (Å²) in [6.07, 6.45) is 5.75. The van der Waals surface area contributed by atoms with E-state index in [1.165, 1.54) is 30.4 Å². The molecule has 2 unspecified atom stereocenters. The van der Waals surface area contributed by atoms with Crippen molar-refractivity contribution >= 4 is 0 Å². The summed E-state index contributed by atoms with van der Waals surface area (Å²) in [4.78, 5) is 0. The second-order valence-corrected chi connectivity index (χ2v) is 6.38. The monoisotopic (exact) mass is 261 g/mol. The highest BCUT2D eigenvalue weighted by Crippen LogP contribution is 2.42. The van der Waals surface area contributed by atoms with Crippen LogP contribution in [0.2, 0.25) is 0 Å². The highest BCUT2D eigenvalue weighted by atomic mass is 16.3. The van der Waals surface area contributed by atoms with Gasteiger partial charge in [-0.05, 0) is 55.7 Å². The lowest BCUT2D eigenvalue weighted by molar-refractivity contribution is -0.0646. The second-order valence-electron chi connectivity index (χ2n) is 6.38.